The van der Waals surface area contributed by atoms with E-state index >= 15 is 0 Å². The number of morpholine rings is 1. The van der Waals surface area contributed by atoms with Gasteiger partial charge >= 0.3 is 0 Å². The predicted molar refractivity (Wildman–Crippen MR) is 69.8 cm³/mol. The quantitative estimate of drug-likeness (QED) is 0.834. The van der Waals surface area contributed by atoms with Crippen molar-refractivity contribution in [3.8, 4) is 5.88 Å². The third kappa shape index (κ3) is 2.81. The van der Waals surface area contributed by atoms with E-state index < -0.39 is 0 Å². The van der Waals surface area contributed by atoms with Crippen molar-refractivity contribution in [1.82, 2.24) is 9.88 Å². The SMILES string of the molecule is COc1ncc(Br)cc1C(=O)N1CCO[C@@H](C)C1. The van der Waals surface area contributed by atoms with Gasteiger partial charge in [-0.25, -0.2) is 4.98 Å². The number of aromatic nitrogens is 1. The molecule has 0 saturated carbocycles. The maximum atomic E-state index is 12.4. The lowest BCUT2D eigenvalue weighted by molar-refractivity contribution is -0.0125. The summed E-state index contributed by atoms with van der Waals surface area (Å²) in [6.45, 7) is 3.71. The van der Waals surface area contributed by atoms with Crippen molar-refractivity contribution in [3.63, 3.8) is 0 Å². The van der Waals surface area contributed by atoms with Gasteiger partial charge in [0, 0.05) is 23.8 Å². The second kappa shape index (κ2) is 5.67. The molecule has 1 atom stereocenters. The molecule has 0 aromatic carbocycles. The highest BCUT2D eigenvalue weighted by Crippen LogP contribution is 2.22. The molecule has 1 fully saturated rings. The summed E-state index contributed by atoms with van der Waals surface area (Å²) < 4.78 is 11.3. The average molecular weight is 315 g/mol. The monoisotopic (exact) mass is 314 g/mol. The highest BCUT2D eigenvalue weighted by Gasteiger charge is 2.25. The summed E-state index contributed by atoms with van der Waals surface area (Å²) in [5.74, 6) is 0.276. The molecule has 1 aliphatic rings. The van der Waals surface area contributed by atoms with Gasteiger partial charge in [-0.15, -0.1) is 0 Å². The molecule has 2 rings (SSSR count). The lowest BCUT2D eigenvalue weighted by Gasteiger charge is -2.31. The Morgan fingerprint density at radius 2 is 2.44 bits per heavy atom. The van der Waals surface area contributed by atoms with Crippen LogP contribution in [0, 0.1) is 0 Å². The number of halogens is 1. The van der Waals surface area contributed by atoms with Gasteiger partial charge in [-0.05, 0) is 28.9 Å². The number of amides is 1. The smallest absolute Gasteiger partial charge is 0.259 e. The Labute approximate surface area is 114 Å². The molecule has 0 spiro atoms. The second-order valence-corrected chi connectivity index (χ2v) is 5.06. The minimum atomic E-state index is -0.0733. The van der Waals surface area contributed by atoms with Crippen LogP contribution in [0.4, 0.5) is 0 Å². The molecular formula is C12H15BrN2O3. The normalized spacial score (nSPS) is 19.7. The van der Waals surface area contributed by atoms with Gasteiger partial charge in [-0.2, -0.15) is 0 Å². The first-order valence-electron chi connectivity index (χ1n) is 5.72. The maximum Gasteiger partial charge on any atom is 0.259 e. The number of pyridine rings is 1. The number of nitrogens with zero attached hydrogens (tertiary/aromatic N) is 2. The van der Waals surface area contributed by atoms with Crippen LogP contribution in [0.5, 0.6) is 5.88 Å². The number of ether oxygens (including phenoxy) is 2. The molecule has 18 heavy (non-hydrogen) atoms. The predicted octanol–water partition coefficient (Wildman–Crippen LogP) is 1.71. The van der Waals surface area contributed by atoms with Crippen LogP contribution in [-0.2, 0) is 4.74 Å². The average Bonchev–Trinajstić information content (AvgIpc) is 2.38. The fourth-order valence-corrected chi connectivity index (χ4v) is 2.25. The summed E-state index contributed by atoms with van der Waals surface area (Å²) in [5, 5.41) is 0. The van der Waals surface area contributed by atoms with Crippen molar-refractivity contribution in [2.75, 3.05) is 26.8 Å². The van der Waals surface area contributed by atoms with Gasteiger partial charge in [0.1, 0.15) is 5.56 Å². The first-order chi connectivity index (χ1) is 8.61. The fraction of sp³-hybridized carbons (Fsp3) is 0.500. The van der Waals surface area contributed by atoms with E-state index in [1.807, 2.05) is 6.92 Å². The van der Waals surface area contributed by atoms with Crippen LogP contribution in [0.3, 0.4) is 0 Å². The maximum absolute atomic E-state index is 12.4. The van der Waals surface area contributed by atoms with E-state index in [9.17, 15) is 4.79 Å². The van der Waals surface area contributed by atoms with Crippen LogP contribution < -0.4 is 4.74 Å². The van der Waals surface area contributed by atoms with E-state index in [4.69, 9.17) is 9.47 Å². The summed E-state index contributed by atoms with van der Waals surface area (Å²) in [6.07, 6.45) is 1.67. The van der Waals surface area contributed by atoms with Crippen molar-refractivity contribution in [2.45, 2.75) is 13.0 Å². The van der Waals surface area contributed by atoms with Crippen molar-refractivity contribution in [3.05, 3.63) is 22.3 Å². The molecule has 0 aliphatic carbocycles. The Bertz CT molecular complexity index is 453. The standard InChI is InChI=1S/C12H15BrN2O3/c1-8-7-15(3-4-18-8)12(16)10-5-9(13)6-14-11(10)17-2/h5-6,8H,3-4,7H2,1-2H3/t8-/m0/s1. The largest absolute Gasteiger partial charge is 0.480 e. The Balaban J connectivity index is 2.24. The zero-order valence-corrected chi connectivity index (χ0v) is 11.9. The number of rotatable bonds is 2. The van der Waals surface area contributed by atoms with E-state index in [-0.39, 0.29) is 12.0 Å². The number of carbonyl (C=O) groups excluding carboxylic acids is 1. The van der Waals surface area contributed by atoms with Gasteiger partial charge in [0.15, 0.2) is 0 Å². The first-order valence-corrected chi connectivity index (χ1v) is 6.51. The van der Waals surface area contributed by atoms with Gasteiger partial charge in [0.25, 0.3) is 5.91 Å². The van der Waals surface area contributed by atoms with E-state index in [1.54, 1.807) is 17.2 Å². The van der Waals surface area contributed by atoms with Crippen molar-refractivity contribution in [1.29, 1.82) is 0 Å². The lowest BCUT2D eigenvalue weighted by atomic mass is 10.2. The highest BCUT2D eigenvalue weighted by molar-refractivity contribution is 9.10. The Morgan fingerprint density at radius 3 is 3.11 bits per heavy atom. The fourth-order valence-electron chi connectivity index (χ4n) is 1.92. The molecule has 6 heteroatoms. The van der Waals surface area contributed by atoms with E-state index in [1.165, 1.54) is 7.11 Å². The van der Waals surface area contributed by atoms with Gasteiger partial charge < -0.3 is 14.4 Å². The first kappa shape index (κ1) is 13.3. The zero-order valence-electron chi connectivity index (χ0n) is 10.4. The third-order valence-corrected chi connectivity index (χ3v) is 3.20. The van der Waals surface area contributed by atoms with Crippen molar-refractivity contribution in [2.24, 2.45) is 0 Å². The van der Waals surface area contributed by atoms with Gasteiger partial charge in [0.2, 0.25) is 5.88 Å². The molecule has 0 unspecified atom stereocenters. The van der Waals surface area contributed by atoms with Crippen LogP contribution in [-0.4, -0.2) is 48.7 Å². The molecule has 98 valence electrons. The Morgan fingerprint density at radius 1 is 1.67 bits per heavy atom. The Hall–Kier alpha value is -1.14. The number of hydrogen-bond donors (Lipinski definition) is 0. The summed E-state index contributed by atoms with van der Waals surface area (Å²) in [5.41, 5.74) is 0.473. The molecule has 0 N–H and O–H groups in total. The summed E-state index contributed by atoms with van der Waals surface area (Å²) in [6, 6.07) is 1.73. The molecule has 1 aliphatic heterocycles. The lowest BCUT2D eigenvalue weighted by Crippen LogP contribution is -2.44. The third-order valence-electron chi connectivity index (χ3n) is 2.77. The van der Waals surface area contributed by atoms with Crippen LogP contribution in [0.25, 0.3) is 0 Å². The van der Waals surface area contributed by atoms with Crippen molar-refractivity contribution >= 4 is 21.8 Å². The zero-order chi connectivity index (χ0) is 13.1. The van der Waals surface area contributed by atoms with Gasteiger partial charge in [0.05, 0.1) is 19.8 Å². The summed E-state index contributed by atoms with van der Waals surface area (Å²) in [4.78, 5) is 18.3. The van der Waals surface area contributed by atoms with Crippen LogP contribution in [0.2, 0.25) is 0 Å². The molecule has 0 radical (unpaired) electrons. The molecule has 1 aromatic rings. The minimum absolute atomic E-state index is 0.0637. The molecule has 1 aromatic heterocycles. The molecule has 1 amide bonds. The number of carbonyl (C=O) groups is 1. The molecular weight excluding hydrogens is 300 g/mol. The molecule has 1 saturated heterocycles. The van der Waals surface area contributed by atoms with Gasteiger partial charge in [-0.1, -0.05) is 0 Å². The van der Waals surface area contributed by atoms with Crippen LogP contribution >= 0.6 is 15.9 Å². The van der Waals surface area contributed by atoms with Crippen LogP contribution in [0.15, 0.2) is 16.7 Å². The Kier molecular flexibility index (Phi) is 4.19. The second-order valence-electron chi connectivity index (χ2n) is 4.14. The summed E-state index contributed by atoms with van der Waals surface area (Å²) in [7, 11) is 1.51. The van der Waals surface area contributed by atoms with Crippen LogP contribution in [0.1, 0.15) is 17.3 Å². The van der Waals surface area contributed by atoms with E-state index in [0.717, 1.165) is 4.47 Å². The number of methoxy groups -OCH3 is 1. The van der Waals surface area contributed by atoms with E-state index in [2.05, 4.69) is 20.9 Å². The summed E-state index contributed by atoms with van der Waals surface area (Å²) >= 11 is 3.32. The highest BCUT2D eigenvalue weighted by atomic mass is 79.9. The topological polar surface area (TPSA) is 51.7 Å². The molecule has 0 bridgehead atoms. The van der Waals surface area contributed by atoms with Crippen molar-refractivity contribution < 1.29 is 14.3 Å². The van der Waals surface area contributed by atoms with Gasteiger partial charge in [-0.3, -0.25) is 4.79 Å². The minimum Gasteiger partial charge on any atom is -0.480 e. The molecule has 2 heterocycles. The molecule has 5 nitrogen and oxygen atoms in total. The van der Waals surface area contributed by atoms with E-state index in [0.29, 0.717) is 31.1 Å². The number of hydrogen-bond acceptors (Lipinski definition) is 4.